The summed E-state index contributed by atoms with van der Waals surface area (Å²) < 4.78 is 0. The Hall–Kier alpha value is 0.170. The van der Waals surface area contributed by atoms with E-state index in [1.807, 2.05) is 0 Å². The van der Waals surface area contributed by atoms with Crippen molar-refractivity contribution in [3.8, 4) is 0 Å². The van der Waals surface area contributed by atoms with E-state index in [1.54, 1.807) is 0 Å². The van der Waals surface area contributed by atoms with E-state index in [-0.39, 0.29) is 12.4 Å². The molecule has 100 valence electrons. The average molecular weight is 260 g/mol. The number of fused-ring (bicyclic) bond motifs is 1. The highest BCUT2D eigenvalue weighted by atomic mass is 35.5. The van der Waals surface area contributed by atoms with E-state index in [9.17, 15) is 0 Å². The molecule has 2 unspecified atom stereocenters. The molecule has 17 heavy (non-hydrogen) atoms. The molecule has 4 heteroatoms. The third kappa shape index (κ3) is 2.95. The fraction of sp³-hybridized carbons (Fsp3) is 1.00. The van der Waals surface area contributed by atoms with Gasteiger partial charge in [-0.15, -0.1) is 12.4 Å². The molecule has 0 spiro atoms. The SMILES string of the molecule is CC1(CN2CCN3CCCC3C2)CCNC1.Cl. The van der Waals surface area contributed by atoms with Crippen LogP contribution in [0.3, 0.4) is 0 Å². The Kier molecular flexibility index (Phi) is 4.35. The third-order valence-electron chi connectivity index (χ3n) is 4.73. The molecular formula is C13H26ClN3. The highest BCUT2D eigenvalue weighted by Crippen LogP contribution is 2.28. The second-order valence-electron chi connectivity index (χ2n) is 6.30. The van der Waals surface area contributed by atoms with Gasteiger partial charge in [0, 0.05) is 38.8 Å². The van der Waals surface area contributed by atoms with Crippen LogP contribution < -0.4 is 5.32 Å². The number of nitrogens with one attached hydrogen (secondary N) is 1. The zero-order valence-corrected chi connectivity index (χ0v) is 11.8. The van der Waals surface area contributed by atoms with Crippen LogP contribution in [-0.2, 0) is 0 Å². The first-order valence-electron chi connectivity index (χ1n) is 6.92. The molecule has 3 saturated heterocycles. The number of rotatable bonds is 2. The van der Waals surface area contributed by atoms with Gasteiger partial charge in [-0.05, 0) is 37.8 Å². The molecule has 2 atom stereocenters. The summed E-state index contributed by atoms with van der Waals surface area (Å²) in [6.07, 6.45) is 4.22. The molecule has 0 aromatic rings. The molecule has 3 aliphatic heterocycles. The van der Waals surface area contributed by atoms with Crippen LogP contribution in [0.2, 0.25) is 0 Å². The molecule has 0 aliphatic carbocycles. The second kappa shape index (κ2) is 5.43. The lowest BCUT2D eigenvalue weighted by molar-refractivity contribution is 0.0747. The summed E-state index contributed by atoms with van der Waals surface area (Å²) >= 11 is 0. The van der Waals surface area contributed by atoms with Gasteiger partial charge in [0.1, 0.15) is 0 Å². The number of nitrogens with zero attached hydrogens (tertiary/aromatic N) is 2. The van der Waals surface area contributed by atoms with Crippen LogP contribution in [0, 0.1) is 5.41 Å². The first kappa shape index (κ1) is 13.6. The molecule has 3 aliphatic rings. The Labute approximate surface area is 111 Å². The summed E-state index contributed by atoms with van der Waals surface area (Å²) in [5.41, 5.74) is 0.542. The van der Waals surface area contributed by atoms with Gasteiger partial charge in [0.25, 0.3) is 0 Å². The van der Waals surface area contributed by atoms with E-state index >= 15 is 0 Å². The summed E-state index contributed by atoms with van der Waals surface area (Å²) in [5, 5.41) is 3.51. The Morgan fingerprint density at radius 2 is 2.18 bits per heavy atom. The molecule has 0 aromatic heterocycles. The average Bonchev–Trinajstić information content (AvgIpc) is 2.86. The fourth-order valence-corrected chi connectivity index (χ4v) is 3.74. The van der Waals surface area contributed by atoms with Gasteiger partial charge < -0.3 is 5.32 Å². The Morgan fingerprint density at radius 3 is 2.94 bits per heavy atom. The minimum absolute atomic E-state index is 0. The van der Waals surface area contributed by atoms with Gasteiger partial charge in [-0.2, -0.15) is 0 Å². The van der Waals surface area contributed by atoms with Crippen LogP contribution >= 0.6 is 12.4 Å². The lowest BCUT2D eigenvalue weighted by Crippen LogP contribution is -2.52. The molecule has 3 nitrogen and oxygen atoms in total. The Bertz CT molecular complexity index is 253. The first-order valence-corrected chi connectivity index (χ1v) is 6.92. The minimum atomic E-state index is 0. The molecule has 3 heterocycles. The van der Waals surface area contributed by atoms with E-state index in [1.165, 1.54) is 65.1 Å². The standard InChI is InChI=1S/C13H25N3.ClH/c1-13(4-5-14-10-13)11-15-7-8-16-6-2-3-12(16)9-15;/h12,14H,2-11H2,1H3;1H. The molecule has 1 N–H and O–H groups in total. The quantitative estimate of drug-likeness (QED) is 0.804. The van der Waals surface area contributed by atoms with Crippen LogP contribution in [-0.4, -0.2) is 61.7 Å². The zero-order valence-electron chi connectivity index (χ0n) is 11.0. The molecule has 3 rings (SSSR count). The summed E-state index contributed by atoms with van der Waals surface area (Å²) in [4.78, 5) is 5.42. The predicted octanol–water partition coefficient (Wildman–Crippen LogP) is 1.19. The fourth-order valence-electron chi connectivity index (χ4n) is 3.74. The van der Waals surface area contributed by atoms with Gasteiger partial charge in [0.05, 0.1) is 0 Å². The van der Waals surface area contributed by atoms with Crippen molar-refractivity contribution in [1.82, 2.24) is 15.1 Å². The van der Waals surface area contributed by atoms with Gasteiger partial charge >= 0.3 is 0 Å². The van der Waals surface area contributed by atoms with Crippen LogP contribution in [0.5, 0.6) is 0 Å². The lowest BCUT2D eigenvalue weighted by atomic mass is 9.89. The highest BCUT2D eigenvalue weighted by molar-refractivity contribution is 5.85. The lowest BCUT2D eigenvalue weighted by Gasteiger charge is -2.40. The van der Waals surface area contributed by atoms with Crippen molar-refractivity contribution in [3.63, 3.8) is 0 Å². The Balaban J connectivity index is 0.00000108. The van der Waals surface area contributed by atoms with Crippen molar-refractivity contribution < 1.29 is 0 Å². The smallest absolute Gasteiger partial charge is 0.0224 e. The summed E-state index contributed by atoms with van der Waals surface area (Å²) in [5.74, 6) is 0. The number of piperazine rings is 1. The molecule has 0 aromatic carbocycles. The molecule has 0 amide bonds. The number of hydrogen-bond donors (Lipinski definition) is 1. The maximum absolute atomic E-state index is 3.51. The van der Waals surface area contributed by atoms with E-state index in [0.29, 0.717) is 5.41 Å². The summed E-state index contributed by atoms with van der Waals surface area (Å²) in [7, 11) is 0. The van der Waals surface area contributed by atoms with Gasteiger partial charge in [0.15, 0.2) is 0 Å². The van der Waals surface area contributed by atoms with Crippen molar-refractivity contribution in [2.45, 2.75) is 32.2 Å². The van der Waals surface area contributed by atoms with E-state index in [4.69, 9.17) is 0 Å². The molecule has 3 fully saturated rings. The zero-order chi connectivity index (χ0) is 11.0. The highest BCUT2D eigenvalue weighted by Gasteiger charge is 2.35. The monoisotopic (exact) mass is 259 g/mol. The van der Waals surface area contributed by atoms with Crippen molar-refractivity contribution in [3.05, 3.63) is 0 Å². The molecular weight excluding hydrogens is 234 g/mol. The van der Waals surface area contributed by atoms with E-state index in [0.717, 1.165) is 6.04 Å². The first-order chi connectivity index (χ1) is 7.75. The van der Waals surface area contributed by atoms with Gasteiger partial charge in [-0.1, -0.05) is 6.92 Å². The van der Waals surface area contributed by atoms with Gasteiger partial charge in [0.2, 0.25) is 0 Å². The van der Waals surface area contributed by atoms with Gasteiger partial charge in [-0.3, -0.25) is 9.80 Å². The Morgan fingerprint density at radius 1 is 1.29 bits per heavy atom. The maximum atomic E-state index is 3.51. The van der Waals surface area contributed by atoms with E-state index < -0.39 is 0 Å². The van der Waals surface area contributed by atoms with Crippen molar-refractivity contribution in [2.75, 3.05) is 45.8 Å². The summed E-state index contributed by atoms with van der Waals surface area (Å²) in [6, 6.07) is 0.881. The van der Waals surface area contributed by atoms with Crippen LogP contribution in [0.4, 0.5) is 0 Å². The molecule has 0 saturated carbocycles. The van der Waals surface area contributed by atoms with Crippen LogP contribution in [0.25, 0.3) is 0 Å². The largest absolute Gasteiger partial charge is 0.316 e. The normalized spacial score (nSPS) is 39.0. The maximum Gasteiger partial charge on any atom is 0.0224 e. The molecule has 0 radical (unpaired) electrons. The van der Waals surface area contributed by atoms with Crippen molar-refractivity contribution >= 4 is 12.4 Å². The number of halogens is 1. The van der Waals surface area contributed by atoms with Crippen LogP contribution in [0.15, 0.2) is 0 Å². The number of hydrogen-bond acceptors (Lipinski definition) is 3. The van der Waals surface area contributed by atoms with Crippen molar-refractivity contribution in [2.24, 2.45) is 5.41 Å². The summed E-state index contributed by atoms with van der Waals surface area (Å²) in [6.45, 7) is 11.5. The third-order valence-corrected chi connectivity index (χ3v) is 4.73. The predicted molar refractivity (Wildman–Crippen MR) is 73.9 cm³/mol. The minimum Gasteiger partial charge on any atom is -0.316 e. The van der Waals surface area contributed by atoms with Crippen LogP contribution in [0.1, 0.15) is 26.2 Å². The molecule has 0 bridgehead atoms. The second-order valence-corrected chi connectivity index (χ2v) is 6.30. The van der Waals surface area contributed by atoms with Gasteiger partial charge in [-0.25, -0.2) is 0 Å². The topological polar surface area (TPSA) is 18.5 Å². The van der Waals surface area contributed by atoms with E-state index in [2.05, 4.69) is 22.0 Å². The van der Waals surface area contributed by atoms with Crippen molar-refractivity contribution in [1.29, 1.82) is 0 Å².